The predicted molar refractivity (Wildman–Crippen MR) is 67.5 cm³/mol. The van der Waals surface area contributed by atoms with Crippen LogP contribution in [0.3, 0.4) is 0 Å². The van der Waals surface area contributed by atoms with Gasteiger partial charge in [-0.1, -0.05) is 13.8 Å². The van der Waals surface area contributed by atoms with E-state index < -0.39 is 17.9 Å². The first kappa shape index (κ1) is 14.0. The molecule has 0 radical (unpaired) electrons. The number of carboxylic acid groups (broad SMARTS) is 1. The number of carbonyl (C=O) groups is 2. The molecule has 0 aromatic carbocycles. The highest BCUT2D eigenvalue weighted by molar-refractivity contribution is 6.00. The molecule has 0 fully saturated rings. The minimum Gasteiger partial charge on any atom is -0.480 e. The van der Waals surface area contributed by atoms with Crippen molar-refractivity contribution in [1.82, 2.24) is 10.3 Å². The van der Waals surface area contributed by atoms with Gasteiger partial charge >= 0.3 is 5.97 Å². The van der Waals surface area contributed by atoms with Crippen LogP contribution in [0.2, 0.25) is 0 Å². The van der Waals surface area contributed by atoms with E-state index in [9.17, 15) is 9.59 Å². The molecule has 1 amide bonds. The van der Waals surface area contributed by atoms with Gasteiger partial charge < -0.3 is 15.7 Å². The molecule has 0 unspecified atom stereocenters. The van der Waals surface area contributed by atoms with Crippen molar-refractivity contribution >= 4 is 17.7 Å². The number of hydrogen-bond acceptors (Lipinski definition) is 4. The summed E-state index contributed by atoms with van der Waals surface area (Å²) in [6, 6.07) is 2.30. The molecule has 1 atom stereocenters. The van der Waals surface area contributed by atoms with Crippen LogP contribution in [0, 0.1) is 5.92 Å². The number of carboxylic acids is 1. The Bertz CT molecular complexity index is 446. The second kappa shape index (κ2) is 6.00. The molecule has 1 aromatic heterocycles. The number of pyridine rings is 1. The van der Waals surface area contributed by atoms with Gasteiger partial charge in [0.15, 0.2) is 0 Å². The third-order valence-electron chi connectivity index (χ3n) is 2.51. The van der Waals surface area contributed by atoms with E-state index in [2.05, 4.69) is 15.6 Å². The van der Waals surface area contributed by atoms with Crippen LogP contribution in [0.25, 0.3) is 0 Å². The van der Waals surface area contributed by atoms with Gasteiger partial charge in [-0.3, -0.25) is 4.79 Å². The fourth-order valence-corrected chi connectivity index (χ4v) is 1.52. The molecule has 1 heterocycles. The van der Waals surface area contributed by atoms with Gasteiger partial charge in [0.1, 0.15) is 11.9 Å². The van der Waals surface area contributed by atoms with Crippen LogP contribution >= 0.6 is 0 Å². The zero-order valence-electron chi connectivity index (χ0n) is 10.6. The third-order valence-corrected chi connectivity index (χ3v) is 2.51. The van der Waals surface area contributed by atoms with Gasteiger partial charge in [0.05, 0.1) is 5.56 Å². The lowest BCUT2D eigenvalue weighted by Crippen LogP contribution is -2.44. The molecule has 0 aliphatic rings. The van der Waals surface area contributed by atoms with E-state index >= 15 is 0 Å². The normalized spacial score (nSPS) is 12.0. The SMILES string of the molecule is CNc1ncccc1C(=O)N[C@@H](C(=O)O)C(C)C. The summed E-state index contributed by atoms with van der Waals surface area (Å²) in [7, 11) is 1.65. The highest BCUT2D eigenvalue weighted by Gasteiger charge is 2.24. The molecule has 3 N–H and O–H groups in total. The van der Waals surface area contributed by atoms with Crippen LogP contribution in [0.5, 0.6) is 0 Å². The van der Waals surface area contributed by atoms with Crippen LogP contribution in [-0.4, -0.2) is 35.1 Å². The topological polar surface area (TPSA) is 91.3 Å². The average molecular weight is 251 g/mol. The van der Waals surface area contributed by atoms with Gasteiger partial charge in [0.2, 0.25) is 0 Å². The fraction of sp³-hybridized carbons (Fsp3) is 0.417. The molecule has 0 bridgehead atoms. The van der Waals surface area contributed by atoms with Gasteiger partial charge in [0.25, 0.3) is 5.91 Å². The van der Waals surface area contributed by atoms with Crippen molar-refractivity contribution in [2.45, 2.75) is 19.9 Å². The van der Waals surface area contributed by atoms with Gasteiger partial charge in [-0.2, -0.15) is 0 Å². The number of nitrogens with zero attached hydrogens (tertiary/aromatic N) is 1. The molecule has 0 saturated carbocycles. The highest BCUT2D eigenvalue weighted by atomic mass is 16.4. The van der Waals surface area contributed by atoms with Crippen molar-refractivity contribution in [2.75, 3.05) is 12.4 Å². The van der Waals surface area contributed by atoms with Gasteiger partial charge in [-0.05, 0) is 18.1 Å². The van der Waals surface area contributed by atoms with E-state index in [1.807, 2.05) is 0 Å². The largest absolute Gasteiger partial charge is 0.480 e. The van der Waals surface area contributed by atoms with E-state index in [0.29, 0.717) is 11.4 Å². The number of anilines is 1. The Hall–Kier alpha value is -2.11. The predicted octanol–water partition coefficient (Wildman–Crippen LogP) is 0.962. The Kier molecular flexibility index (Phi) is 4.65. The lowest BCUT2D eigenvalue weighted by Gasteiger charge is -2.18. The van der Waals surface area contributed by atoms with E-state index in [1.54, 1.807) is 39.2 Å². The smallest absolute Gasteiger partial charge is 0.326 e. The first-order valence-corrected chi connectivity index (χ1v) is 5.63. The third kappa shape index (κ3) is 3.19. The maximum Gasteiger partial charge on any atom is 0.326 e. The summed E-state index contributed by atoms with van der Waals surface area (Å²) in [6.07, 6.45) is 1.56. The van der Waals surface area contributed by atoms with E-state index in [-0.39, 0.29) is 5.92 Å². The molecule has 1 aromatic rings. The molecule has 18 heavy (non-hydrogen) atoms. The van der Waals surface area contributed by atoms with Crippen LogP contribution < -0.4 is 10.6 Å². The minimum atomic E-state index is -1.05. The summed E-state index contributed by atoms with van der Waals surface area (Å²) in [4.78, 5) is 27.0. The van der Waals surface area contributed by atoms with Crippen molar-refractivity contribution < 1.29 is 14.7 Å². The number of hydrogen-bond donors (Lipinski definition) is 3. The second-order valence-corrected chi connectivity index (χ2v) is 4.18. The standard InChI is InChI=1S/C12H17N3O3/c1-7(2)9(12(17)18)15-11(16)8-5-4-6-14-10(8)13-3/h4-7,9H,1-3H3,(H,13,14)(H,15,16)(H,17,18)/t9-/m1/s1. The number of nitrogens with one attached hydrogen (secondary N) is 2. The molecular weight excluding hydrogens is 234 g/mol. The number of aromatic nitrogens is 1. The Balaban J connectivity index is 2.90. The monoisotopic (exact) mass is 251 g/mol. The van der Waals surface area contributed by atoms with Crippen molar-refractivity contribution in [3.05, 3.63) is 23.9 Å². The summed E-state index contributed by atoms with van der Waals surface area (Å²) < 4.78 is 0. The zero-order chi connectivity index (χ0) is 13.7. The van der Waals surface area contributed by atoms with Crippen molar-refractivity contribution in [3.63, 3.8) is 0 Å². The number of amides is 1. The summed E-state index contributed by atoms with van der Waals surface area (Å²) in [5.41, 5.74) is 0.326. The lowest BCUT2D eigenvalue weighted by atomic mass is 10.0. The van der Waals surface area contributed by atoms with Crippen LogP contribution in [0.1, 0.15) is 24.2 Å². The molecule has 0 saturated heterocycles. The number of rotatable bonds is 5. The Morgan fingerprint density at radius 1 is 1.39 bits per heavy atom. The Morgan fingerprint density at radius 3 is 2.56 bits per heavy atom. The van der Waals surface area contributed by atoms with Gasteiger partial charge in [-0.25, -0.2) is 9.78 Å². The fourth-order valence-electron chi connectivity index (χ4n) is 1.52. The summed E-state index contributed by atoms with van der Waals surface area (Å²) in [5, 5.41) is 14.3. The minimum absolute atomic E-state index is 0.193. The van der Waals surface area contributed by atoms with Crippen molar-refractivity contribution in [3.8, 4) is 0 Å². The molecule has 6 nitrogen and oxygen atoms in total. The van der Waals surface area contributed by atoms with Crippen LogP contribution in [-0.2, 0) is 4.79 Å². The molecular formula is C12H17N3O3. The molecule has 0 aliphatic carbocycles. The molecule has 0 spiro atoms. The van der Waals surface area contributed by atoms with E-state index in [0.717, 1.165) is 0 Å². The molecule has 6 heteroatoms. The molecule has 0 aliphatic heterocycles. The molecule has 98 valence electrons. The Labute approximate surface area is 105 Å². The van der Waals surface area contributed by atoms with Gasteiger partial charge in [-0.15, -0.1) is 0 Å². The summed E-state index contributed by atoms with van der Waals surface area (Å²) >= 11 is 0. The Morgan fingerprint density at radius 2 is 2.06 bits per heavy atom. The lowest BCUT2D eigenvalue weighted by molar-refractivity contribution is -0.140. The highest BCUT2D eigenvalue weighted by Crippen LogP contribution is 2.11. The average Bonchev–Trinajstić information content (AvgIpc) is 2.34. The summed E-state index contributed by atoms with van der Waals surface area (Å²) in [5.74, 6) is -1.27. The van der Waals surface area contributed by atoms with Crippen LogP contribution in [0.15, 0.2) is 18.3 Å². The van der Waals surface area contributed by atoms with E-state index in [4.69, 9.17) is 5.11 Å². The van der Waals surface area contributed by atoms with E-state index in [1.165, 1.54) is 0 Å². The summed E-state index contributed by atoms with van der Waals surface area (Å²) in [6.45, 7) is 3.47. The molecule has 1 rings (SSSR count). The maximum atomic E-state index is 12.0. The zero-order valence-corrected chi connectivity index (χ0v) is 10.6. The maximum absolute atomic E-state index is 12.0. The van der Waals surface area contributed by atoms with Crippen molar-refractivity contribution in [2.24, 2.45) is 5.92 Å². The quantitative estimate of drug-likeness (QED) is 0.725. The first-order valence-electron chi connectivity index (χ1n) is 5.63. The first-order chi connectivity index (χ1) is 8.47. The van der Waals surface area contributed by atoms with Crippen molar-refractivity contribution in [1.29, 1.82) is 0 Å². The van der Waals surface area contributed by atoms with Gasteiger partial charge in [0, 0.05) is 13.2 Å². The number of carbonyl (C=O) groups excluding carboxylic acids is 1. The second-order valence-electron chi connectivity index (χ2n) is 4.18. The number of aliphatic carboxylic acids is 1. The van der Waals surface area contributed by atoms with Crippen LogP contribution in [0.4, 0.5) is 5.82 Å².